The van der Waals surface area contributed by atoms with E-state index in [1.807, 2.05) is 0 Å². The Balaban J connectivity index is 1.83. The normalized spacial score (nSPS) is 13.9. The molecule has 0 bridgehead atoms. The van der Waals surface area contributed by atoms with Crippen molar-refractivity contribution < 1.29 is 32.2 Å². The van der Waals surface area contributed by atoms with E-state index in [-0.39, 0.29) is 15.6 Å². The molecule has 192 valence electrons. The van der Waals surface area contributed by atoms with E-state index in [9.17, 15) is 22.8 Å². The number of carbonyl (C=O) groups excluding carboxylic acids is 2. The number of carbonyl (C=O) groups is 2. The van der Waals surface area contributed by atoms with Crippen LogP contribution in [0.25, 0.3) is 0 Å². The number of ether oxygens (including phenoxy) is 2. The zero-order valence-corrected chi connectivity index (χ0v) is 21.5. The molecule has 1 aliphatic heterocycles. The maximum absolute atomic E-state index is 13.6. The van der Waals surface area contributed by atoms with Gasteiger partial charge in [0.15, 0.2) is 0 Å². The third-order valence-corrected chi connectivity index (χ3v) is 6.92. The number of thioether (sulfide) groups is 1. The summed E-state index contributed by atoms with van der Waals surface area (Å²) in [5.41, 5.74) is -1.33. The Kier molecular flexibility index (Phi) is 7.63. The van der Waals surface area contributed by atoms with Gasteiger partial charge < -0.3 is 14.8 Å². The molecule has 0 aliphatic carbocycles. The summed E-state index contributed by atoms with van der Waals surface area (Å²) >= 11 is 13.1. The molecule has 12 heteroatoms. The number of hydrogen-bond acceptors (Lipinski definition) is 6. The molecule has 0 aromatic heterocycles. The number of hydrogen-bond donors (Lipinski definition) is 1. The molecular weight excluding hydrogens is 552 g/mol. The highest BCUT2D eigenvalue weighted by atomic mass is 35.5. The number of amides is 2. The van der Waals surface area contributed by atoms with Crippen LogP contribution in [0.1, 0.15) is 5.56 Å². The molecular formula is C25H17Cl2F3N2O4S. The quantitative estimate of drug-likeness (QED) is 0.309. The lowest BCUT2D eigenvalue weighted by molar-refractivity contribution is -0.137. The number of halogens is 5. The predicted molar refractivity (Wildman–Crippen MR) is 136 cm³/mol. The van der Waals surface area contributed by atoms with Crippen molar-refractivity contribution in [1.29, 1.82) is 0 Å². The first-order valence-corrected chi connectivity index (χ1v) is 12.0. The maximum atomic E-state index is 13.6. The number of imide groups is 1. The van der Waals surface area contributed by atoms with Gasteiger partial charge >= 0.3 is 6.18 Å². The van der Waals surface area contributed by atoms with E-state index in [0.717, 1.165) is 23.9 Å². The van der Waals surface area contributed by atoms with Gasteiger partial charge in [0.05, 0.1) is 36.2 Å². The lowest BCUT2D eigenvalue weighted by atomic mass is 10.2. The second kappa shape index (κ2) is 10.6. The molecule has 1 aliphatic rings. The zero-order valence-electron chi connectivity index (χ0n) is 19.2. The highest BCUT2D eigenvalue weighted by Crippen LogP contribution is 2.43. The van der Waals surface area contributed by atoms with Crippen molar-refractivity contribution in [2.24, 2.45) is 0 Å². The summed E-state index contributed by atoms with van der Waals surface area (Å²) in [5.74, 6) is -0.978. The van der Waals surface area contributed by atoms with Gasteiger partial charge in [-0.15, -0.1) is 0 Å². The number of nitrogens with one attached hydrogen (secondary N) is 1. The first kappa shape index (κ1) is 26.7. The molecule has 0 saturated heterocycles. The lowest BCUT2D eigenvalue weighted by Crippen LogP contribution is -2.33. The van der Waals surface area contributed by atoms with Gasteiger partial charge in [-0.2, -0.15) is 13.2 Å². The first-order chi connectivity index (χ1) is 17.5. The van der Waals surface area contributed by atoms with Gasteiger partial charge in [0.25, 0.3) is 11.8 Å². The molecule has 6 nitrogen and oxygen atoms in total. The molecule has 3 aromatic carbocycles. The Bertz CT molecular complexity index is 1410. The summed E-state index contributed by atoms with van der Waals surface area (Å²) in [4.78, 5) is 28.2. The monoisotopic (exact) mass is 568 g/mol. The third kappa shape index (κ3) is 5.51. The topological polar surface area (TPSA) is 67.9 Å². The Hall–Kier alpha value is -3.34. The van der Waals surface area contributed by atoms with Crippen LogP contribution in [-0.2, 0) is 15.8 Å². The van der Waals surface area contributed by atoms with E-state index in [1.54, 1.807) is 42.5 Å². The number of alkyl halides is 3. The Morgan fingerprint density at radius 1 is 0.892 bits per heavy atom. The molecule has 0 saturated carbocycles. The Labute approximate surface area is 223 Å². The maximum Gasteiger partial charge on any atom is 0.416 e. The van der Waals surface area contributed by atoms with Crippen molar-refractivity contribution in [2.75, 3.05) is 24.4 Å². The van der Waals surface area contributed by atoms with Crippen LogP contribution in [0.2, 0.25) is 10.0 Å². The third-order valence-electron chi connectivity index (χ3n) is 5.26. The number of anilines is 2. The number of benzene rings is 3. The van der Waals surface area contributed by atoms with E-state index < -0.39 is 29.2 Å². The van der Waals surface area contributed by atoms with E-state index in [0.29, 0.717) is 38.1 Å². The van der Waals surface area contributed by atoms with Gasteiger partial charge in [-0.3, -0.25) is 9.59 Å². The van der Waals surface area contributed by atoms with Gasteiger partial charge in [0, 0.05) is 16.0 Å². The summed E-state index contributed by atoms with van der Waals surface area (Å²) in [7, 11) is 2.87. The van der Waals surface area contributed by atoms with Crippen molar-refractivity contribution in [3.63, 3.8) is 0 Å². The molecule has 0 atom stereocenters. The minimum Gasteiger partial charge on any atom is -0.497 e. The van der Waals surface area contributed by atoms with Crippen molar-refractivity contribution in [2.45, 2.75) is 11.1 Å². The van der Waals surface area contributed by atoms with Crippen molar-refractivity contribution in [3.8, 4) is 11.5 Å². The van der Waals surface area contributed by atoms with Gasteiger partial charge in [0.1, 0.15) is 22.1 Å². The second-order valence-electron chi connectivity index (χ2n) is 7.56. The summed E-state index contributed by atoms with van der Waals surface area (Å²) < 4.78 is 50.8. The van der Waals surface area contributed by atoms with Crippen LogP contribution in [-0.4, -0.2) is 26.0 Å². The fraction of sp³-hybridized carbons (Fsp3) is 0.120. The van der Waals surface area contributed by atoms with Crippen LogP contribution in [0.3, 0.4) is 0 Å². The summed E-state index contributed by atoms with van der Waals surface area (Å²) in [6, 6.07) is 13.7. The smallest absolute Gasteiger partial charge is 0.416 e. The molecule has 37 heavy (non-hydrogen) atoms. The molecule has 1 heterocycles. The fourth-order valence-electron chi connectivity index (χ4n) is 3.46. The van der Waals surface area contributed by atoms with Crippen molar-refractivity contribution in [1.82, 2.24) is 0 Å². The average Bonchev–Trinajstić information content (AvgIpc) is 3.08. The molecule has 0 radical (unpaired) electrons. The fourth-order valence-corrected chi connectivity index (χ4v) is 4.72. The first-order valence-electron chi connectivity index (χ1n) is 10.5. The van der Waals surface area contributed by atoms with Crippen LogP contribution >= 0.6 is 35.0 Å². The van der Waals surface area contributed by atoms with Crippen LogP contribution in [0.5, 0.6) is 11.5 Å². The van der Waals surface area contributed by atoms with E-state index >= 15 is 0 Å². The van der Waals surface area contributed by atoms with Gasteiger partial charge in [-0.1, -0.05) is 35.0 Å². The van der Waals surface area contributed by atoms with E-state index in [2.05, 4.69) is 5.32 Å². The van der Waals surface area contributed by atoms with Gasteiger partial charge in [0.2, 0.25) is 0 Å². The summed E-state index contributed by atoms with van der Waals surface area (Å²) in [5, 5.41) is 3.17. The molecule has 2 amide bonds. The highest BCUT2D eigenvalue weighted by Gasteiger charge is 2.42. The summed E-state index contributed by atoms with van der Waals surface area (Å²) in [6.07, 6.45) is -4.71. The van der Waals surface area contributed by atoms with Gasteiger partial charge in [-0.05, 0) is 54.6 Å². The van der Waals surface area contributed by atoms with Crippen molar-refractivity contribution >= 4 is 58.2 Å². The largest absolute Gasteiger partial charge is 0.497 e. The van der Waals surface area contributed by atoms with Gasteiger partial charge in [-0.25, -0.2) is 4.90 Å². The van der Waals surface area contributed by atoms with Crippen molar-refractivity contribution in [3.05, 3.63) is 86.9 Å². The van der Waals surface area contributed by atoms with Crippen LogP contribution < -0.4 is 19.7 Å². The standard InChI is InChI=1S/C25H17Cl2F3N2O4S/c1-35-15-6-10-20(36-2)18(12-15)31-21-22(37-16-7-4-14(26)5-8-16)24(34)32(23(21)33)19-11-13(25(28,29)30)3-9-17(19)27/h3-12,31H,1-2H3. The highest BCUT2D eigenvalue weighted by molar-refractivity contribution is 8.04. The molecule has 0 unspecified atom stereocenters. The second-order valence-corrected chi connectivity index (χ2v) is 9.49. The Morgan fingerprint density at radius 3 is 2.22 bits per heavy atom. The minimum atomic E-state index is -4.71. The molecule has 0 fully saturated rings. The van der Waals surface area contributed by atoms with Crippen LogP contribution in [0.15, 0.2) is 76.2 Å². The lowest BCUT2D eigenvalue weighted by Gasteiger charge is -2.19. The molecule has 3 aromatic rings. The van der Waals surface area contributed by atoms with E-state index in [1.165, 1.54) is 14.2 Å². The average molecular weight is 569 g/mol. The van der Waals surface area contributed by atoms with Crippen LogP contribution in [0, 0.1) is 0 Å². The molecule has 0 spiro atoms. The number of methoxy groups -OCH3 is 2. The SMILES string of the molecule is COc1ccc(OC)c(NC2=C(Sc3ccc(Cl)cc3)C(=O)N(c3cc(C(F)(F)F)ccc3Cl)C2=O)c1. The molecule has 1 N–H and O–H groups in total. The number of nitrogens with zero attached hydrogens (tertiary/aromatic N) is 1. The Morgan fingerprint density at radius 2 is 1.59 bits per heavy atom. The minimum absolute atomic E-state index is 0.0642. The van der Waals surface area contributed by atoms with E-state index in [4.69, 9.17) is 32.7 Å². The zero-order chi connectivity index (χ0) is 26.9. The summed E-state index contributed by atoms with van der Waals surface area (Å²) in [6.45, 7) is 0. The number of rotatable bonds is 7. The molecule has 4 rings (SSSR count). The predicted octanol–water partition coefficient (Wildman–Crippen LogP) is 7.02. The van der Waals surface area contributed by atoms with Crippen LogP contribution in [0.4, 0.5) is 24.5 Å².